The fourth-order valence-electron chi connectivity index (χ4n) is 3.29. The predicted molar refractivity (Wildman–Crippen MR) is 160 cm³/mol. The summed E-state index contributed by atoms with van der Waals surface area (Å²) in [6.07, 6.45) is 0. The number of aromatic carboxylic acids is 1. The smallest absolute Gasteiger partial charge is 0.505 e. The van der Waals surface area contributed by atoms with E-state index in [0.717, 1.165) is 0 Å². The van der Waals surface area contributed by atoms with Gasteiger partial charge in [0.05, 0.1) is 38.5 Å². The zero-order valence-corrected chi connectivity index (χ0v) is 28.9. The van der Waals surface area contributed by atoms with E-state index < -0.39 is 5.97 Å². The second-order valence-corrected chi connectivity index (χ2v) is 12.1. The van der Waals surface area contributed by atoms with Gasteiger partial charge in [0.1, 0.15) is 0 Å². The summed E-state index contributed by atoms with van der Waals surface area (Å²) in [6, 6.07) is 4.84. The van der Waals surface area contributed by atoms with Gasteiger partial charge in [-0.05, 0) is 109 Å². The third-order valence-corrected chi connectivity index (χ3v) is 9.59. The van der Waals surface area contributed by atoms with Gasteiger partial charge < -0.3 is 15.3 Å². The van der Waals surface area contributed by atoms with Crippen LogP contribution < -0.4 is 29.6 Å². The van der Waals surface area contributed by atoms with E-state index in [2.05, 4.69) is 0 Å². The molecular weight excluding hydrogens is 957 g/mol. The predicted octanol–water partition coefficient (Wildman–Crippen LogP) is 6.03. The molecule has 0 saturated heterocycles. The maximum Gasteiger partial charge on any atom is 1.00 e. The number of carboxylic acids is 1. The Labute approximate surface area is 278 Å². The molecule has 13 heteroatoms. The van der Waals surface area contributed by atoms with Crippen molar-refractivity contribution < 1.29 is 54.1 Å². The number of hydrogen-bond acceptors (Lipinski definition) is 3. The van der Waals surface area contributed by atoms with Gasteiger partial charge in [-0.3, -0.25) is 0 Å². The van der Waals surface area contributed by atoms with Gasteiger partial charge in [-0.15, -0.1) is 0 Å². The van der Waals surface area contributed by atoms with Crippen LogP contribution >= 0.6 is 125 Å². The van der Waals surface area contributed by atoms with E-state index >= 15 is 0 Å². The van der Waals surface area contributed by atoms with Crippen LogP contribution in [0, 0.1) is 14.3 Å². The van der Waals surface area contributed by atoms with Gasteiger partial charge in [0, 0.05) is 11.1 Å². The van der Waals surface area contributed by atoms with Crippen LogP contribution in [0.2, 0.25) is 15.1 Å². The van der Waals surface area contributed by atoms with Crippen molar-refractivity contribution in [2.45, 2.75) is 0 Å². The van der Waals surface area contributed by atoms with Crippen molar-refractivity contribution in [3.8, 4) is 22.6 Å². The molecule has 0 radical (unpaired) electrons. The van der Waals surface area contributed by atoms with E-state index in [-0.39, 0.29) is 67.3 Å². The molecule has 4 rings (SSSR count). The van der Waals surface area contributed by atoms with Crippen LogP contribution in [0.1, 0.15) is 10.4 Å². The number of carbonyl (C=O) groups is 1. The molecule has 0 aliphatic carbocycles. The number of hydrogen-bond donors (Lipinski definition) is 3. The van der Waals surface area contributed by atoms with E-state index in [1.165, 1.54) is 6.07 Å². The van der Waals surface area contributed by atoms with E-state index in [9.17, 15) is 20.1 Å². The summed E-state index contributed by atoms with van der Waals surface area (Å²) in [5.74, 6) is -1.22. The Morgan fingerprint density at radius 2 is 1.27 bits per heavy atom. The number of fused-ring (bicyclic) bond motifs is 2. The molecule has 0 bridgehead atoms. The monoisotopic (exact) mass is 962 g/mol. The summed E-state index contributed by atoms with van der Waals surface area (Å²) in [6.45, 7) is 0. The summed E-state index contributed by atoms with van der Waals surface area (Å²) >= 11 is 26.7. The summed E-state index contributed by atoms with van der Waals surface area (Å²) in [5.41, 5.74) is 1.14. The van der Waals surface area contributed by atoms with Crippen LogP contribution in [0.4, 0.5) is 0 Å². The molecule has 3 aromatic carbocycles. The summed E-state index contributed by atoms with van der Waals surface area (Å²) in [5, 5.41) is 31.9. The maximum atomic E-state index is 12.2. The molecular formula is C20H6Cl3I4NaO5+2. The minimum absolute atomic E-state index is 0. The molecule has 3 N–H and O–H groups in total. The fourth-order valence-corrected chi connectivity index (χ4v) is 7.55. The standard InChI is InChI=1S/C20H5Cl3I4O5.Na/c21-7-1-4(11(20(30)31)13(23)12(7)22)10-5-2-8(24)16(28)14(26)18(5)32-19-6(10)3-9(25)17(29)15(19)27;/h1-3H,(H2-,28,29,30,31);/q;+1/p+1. The molecule has 0 aliphatic rings. The number of carboxylic acid groups (broad SMARTS) is 1. The average molecular weight is 963 g/mol. The van der Waals surface area contributed by atoms with Crippen molar-refractivity contribution in [1.29, 1.82) is 0 Å². The Balaban J connectivity index is 0.00000306. The van der Waals surface area contributed by atoms with E-state index in [1.54, 1.807) is 12.1 Å². The number of rotatable bonds is 2. The van der Waals surface area contributed by atoms with Gasteiger partial charge in [-0.2, -0.15) is 0 Å². The molecule has 0 amide bonds. The minimum Gasteiger partial charge on any atom is -0.505 e. The first kappa shape index (κ1) is 28.8. The Kier molecular flexibility index (Phi) is 9.49. The topological polar surface area (TPSA) is 89.1 Å². The first-order chi connectivity index (χ1) is 15.0. The second kappa shape index (κ2) is 10.9. The zero-order chi connectivity index (χ0) is 23.6. The van der Waals surface area contributed by atoms with Gasteiger partial charge in [0.25, 0.3) is 0 Å². The van der Waals surface area contributed by atoms with Crippen molar-refractivity contribution in [3.05, 3.63) is 53.1 Å². The van der Waals surface area contributed by atoms with Crippen molar-refractivity contribution in [1.82, 2.24) is 0 Å². The van der Waals surface area contributed by atoms with Gasteiger partial charge in [-0.25, -0.2) is 9.21 Å². The molecule has 33 heavy (non-hydrogen) atoms. The van der Waals surface area contributed by atoms with E-state index in [1.807, 2.05) is 90.4 Å². The van der Waals surface area contributed by atoms with Crippen LogP contribution in [-0.2, 0) is 0 Å². The number of aromatic hydroxyl groups is 2. The van der Waals surface area contributed by atoms with Crippen molar-refractivity contribution in [3.63, 3.8) is 0 Å². The van der Waals surface area contributed by atoms with E-state index in [4.69, 9.17) is 39.2 Å². The van der Waals surface area contributed by atoms with Crippen LogP contribution in [0.5, 0.6) is 11.5 Å². The molecule has 4 aromatic rings. The molecule has 0 saturated carbocycles. The minimum atomic E-state index is -1.28. The molecule has 5 nitrogen and oxygen atoms in total. The number of phenols is 2. The third-order valence-electron chi connectivity index (χ3n) is 4.69. The molecule has 0 fully saturated rings. The summed E-state index contributed by atoms with van der Waals surface area (Å²) in [4.78, 5) is 12.2. The number of phenolic OH excluding ortho intramolecular Hbond substituents is 2. The SMILES string of the molecule is O=C(O)c1c(-c2c3cc(I)c(O)c(I)c3[o+]c3c(I)c(O)c(I)cc23)cc(Cl)c(Cl)c1Cl.[Na+]. The number of halogens is 7. The molecule has 0 aliphatic heterocycles. The molecule has 164 valence electrons. The molecule has 0 atom stereocenters. The van der Waals surface area contributed by atoms with Crippen molar-refractivity contribution >= 4 is 153 Å². The largest absolute Gasteiger partial charge is 1.00 e. The Morgan fingerprint density at radius 3 is 1.70 bits per heavy atom. The van der Waals surface area contributed by atoms with Crippen LogP contribution in [0.15, 0.2) is 22.6 Å². The van der Waals surface area contributed by atoms with Crippen molar-refractivity contribution in [2.24, 2.45) is 0 Å². The van der Waals surface area contributed by atoms with Crippen LogP contribution in [0.25, 0.3) is 33.1 Å². The van der Waals surface area contributed by atoms with Gasteiger partial charge in [0.2, 0.25) is 0 Å². The van der Waals surface area contributed by atoms with E-state index in [0.29, 0.717) is 41.8 Å². The Hall–Kier alpha value is 1.19. The van der Waals surface area contributed by atoms with Gasteiger partial charge >= 0.3 is 46.7 Å². The Bertz CT molecular complexity index is 1440. The average Bonchev–Trinajstić information content (AvgIpc) is 2.73. The van der Waals surface area contributed by atoms with Crippen molar-refractivity contribution in [2.75, 3.05) is 0 Å². The first-order valence-electron chi connectivity index (χ1n) is 8.34. The van der Waals surface area contributed by atoms with Crippen LogP contribution in [0.3, 0.4) is 0 Å². The molecule has 1 aromatic heterocycles. The van der Waals surface area contributed by atoms with Crippen LogP contribution in [-0.4, -0.2) is 21.3 Å². The molecule has 1 heterocycles. The Morgan fingerprint density at radius 1 is 0.818 bits per heavy atom. The molecule has 0 spiro atoms. The molecule has 0 unspecified atom stereocenters. The quantitative estimate of drug-likeness (QED) is 0.0753. The normalized spacial score (nSPS) is 11.1. The maximum absolute atomic E-state index is 12.2. The third kappa shape index (κ3) is 4.90. The second-order valence-electron chi connectivity index (χ2n) is 6.49. The fraction of sp³-hybridized carbons (Fsp3) is 0. The summed E-state index contributed by atoms with van der Waals surface area (Å²) in [7, 11) is 0. The summed E-state index contributed by atoms with van der Waals surface area (Å²) < 4.78 is 8.10. The zero-order valence-electron chi connectivity index (χ0n) is 16.0. The van der Waals surface area contributed by atoms with Gasteiger partial charge in [-0.1, -0.05) is 34.8 Å². The van der Waals surface area contributed by atoms with Gasteiger partial charge in [0.15, 0.2) is 18.6 Å². The number of benzene rings is 3. The first-order valence-corrected chi connectivity index (χ1v) is 13.8.